The molecule has 0 atom stereocenters. The molecule has 1 N–H and O–H groups in total. The number of hydrogen-bond acceptors (Lipinski definition) is 4. The van der Waals surface area contributed by atoms with E-state index in [0.29, 0.717) is 0 Å². The van der Waals surface area contributed by atoms with Gasteiger partial charge in [-0.2, -0.15) is 0 Å². The van der Waals surface area contributed by atoms with Gasteiger partial charge in [-0.15, -0.1) is 0 Å². The van der Waals surface area contributed by atoms with Crippen LogP contribution in [0.1, 0.15) is 15.9 Å². The van der Waals surface area contributed by atoms with Crippen molar-refractivity contribution in [1.82, 2.24) is 9.55 Å². The van der Waals surface area contributed by atoms with Gasteiger partial charge in [-0.25, -0.2) is 22.5 Å². The number of carboxylic acid groups (broad SMARTS) is 1. The Bertz CT molecular complexity index is 1430. The SMILES string of the molecule is Cn1ccc2cc(CN(c3ncc(Cl)cc3Cl)S(=O)(=O)c3ccc(C(=O)O)cc3)ccc21. The molecule has 4 aromatic rings. The Hall–Kier alpha value is -3.07. The van der Waals surface area contributed by atoms with E-state index in [-0.39, 0.29) is 32.9 Å². The van der Waals surface area contributed by atoms with Crippen LogP contribution in [0.5, 0.6) is 0 Å². The topological polar surface area (TPSA) is 92.5 Å². The summed E-state index contributed by atoms with van der Waals surface area (Å²) in [6.45, 7) is -0.0395. The minimum Gasteiger partial charge on any atom is -0.478 e. The quantitative estimate of drug-likeness (QED) is 0.412. The highest BCUT2D eigenvalue weighted by molar-refractivity contribution is 7.92. The number of carbonyl (C=O) groups is 1. The molecule has 0 saturated carbocycles. The maximum atomic E-state index is 13.6. The van der Waals surface area contributed by atoms with Gasteiger partial charge >= 0.3 is 5.97 Å². The molecule has 0 aliphatic heterocycles. The first kappa shape index (κ1) is 22.1. The summed E-state index contributed by atoms with van der Waals surface area (Å²) in [7, 11) is -2.21. The number of aromatic carboxylic acids is 1. The summed E-state index contributed by atoms with van der Waals surface area (Å²) in [5, 5.41) is 10.4. The molecule has 0 bridgehead atoms. The lowest BCUT2D eigenvalue weighted by molar-refractivity contribution is 0.0696. The van der Waals surface area contributed by atoms with Gasteiger partial charge in [-0.3, -0.25) is 0 Å². The van der Waals surface area contributed by atoms with Gasteiger partial charge in [-0.1, -0.05) is 29.3 Å². The molecule has 7 nitrogen and oxygen atoms in total. The molecule has 10 heteroatoms. The molecule has 0 unspecified atom stereocenters. The van der Waals surface area contributed by atoms with Crippen LogP contribution in [0.15, 0.2) is 71.9 Å². The molecule has 164 valence electrons. The third-order valence-electron chi connectivity index (χ3n) is 4.99. The number of nitrogens with zero attached hydrogens (tertiary/aromatic N) is 3. The zero-order valence-corrected chi connectivity index (χ0v) is 19.1. The molecule has 4 rings (SSSR count). The van der Waals surface area contributed by atoms with Crippen LogP contribution in [-0.2, 0) is 23.6 Å². The van der Waals surface area contributed by atoms with Gasteiger partial charge in [-0.05, 0) is 59.5 Å². The fourth-order valence-electron chi connectivity index (χ4n) is 3.36. The molecule has 0 radical (unpaired) electrons. The van der Waals surface area contributed by atoms with Crippen LogP contribution in [-0.4, -0.2) is 29.0 Å². The zero-order valence-electron chi connectivity index (χ0n) is 16.7. The summed E-state index contributed by atoms with van der Waals surface area (Å²) >= 11 is 12.3. The van der Waals surface area contributed by atoms with Gasteiger partial charge in [0.05, 0.1) is 27.0 Å². The minimum atomic E-state index is -4.13. The second kappa shape index (κ2) is 8.46. The summed E-state index contributed by atoms with van der Waals surface area (Å²) in [6.07, 6.45) is 3.24. The third kappa shape index (κ3) is 4.17. The van der Waals surface area contributed by atoms with Gasteiger partial charge in [0, 0.05) is 25.0 Å². The van der Waals surface area contributed by atoms with E-state index in [2.05, 4.69) is 4.98 Å². The molecule has 2 aromatic heterocycles. The molecule has 0 saturated heterocycles. The predicted molar refractivity (Wildman–Crippen MR) is 124 cm³/mol. The minimum absolute atomic E-state index is 0.0199. The lowest BCUT2D eigenvalue weighted by atomic mass is 10.1. The number of rotatable bonds is 6. The molecular weight excluding hydrogens is 473 g/mol. The largest absolute Gasteiger partial charge is 0.478 e. The van der Waals surface area contributed by atoms with Crippen molar-refractivity contribution in [2.24, 2.45) is 7.05 Å². The first-order valence-corrected chi connectivity index (χ1v) is 11.6. The summed E-state index contributed by atoms with van der Waals surface area (Å²) in [6, 6.07) is 14.0. The smallest absolute Gasteiger partial charge is 0.335 e. The van der Waals surface area contributed by atoms with Gasteiger partial charge < -0.3 is 9.67 Å². The van der Waals surface area contributed by atoms with E-state index >= 15 is 0 Å². The van der Waals surface area contributed by atoms with Crippen LogP contribution in [0, 0.1) is 0 Å². The summed E-state index contributed by atoms with van der Waals surface area (Å²) in [5.41, 5.74) is 1.71. The molecule has 0 aliphatic rings. The number of halogens is 2. The standard InChI is InChI=1S/C22H17Cl2N3O4S/c1-26-9-8-16-10-14(2-7-20(16)26)13-27(21-19(24)11-17(23)12-25-21)32(30,31)18-5-3-15(4-6-18)22(28)29/h2-12H,13H2,1H3,(H,28,29). The number of pyridine rings is 1. The number of sulfonamides is 1. The average Bonchev–Trinajstić information content (AvgIpc) is 3.12. The van der Waals surface area contributed by atoms with Crippen LogP contribution in [0.25, 0.3) is 10.9 Å². The van der Waals surface area contributed by atoms with Crippen LogP contribution >= 0.6 is 23.2 Å². The Morgan fingerprint density at radius 2 is 1.81 bits per heavy atom. The van der Waals surface area contributed by atoms with Gasteiger partial charge in [0.2, 0.25) is 0 Å². The Kier molecular flexibility index (Phi) is 5.85. The Balaban J connectivity index is 1.81. The van der Waals surface area contributed by atoms with E-state index < -0.39 is 16.0 Å². The Labute approximate surface area is 194 Å². The highest BCUT2D eigenvalue weighted by Crippen LogP contribution is 2.32. The van der Waals surface area contributed by atoms with Crippen LogP contribution in [0.2, 0.25) is 10.0 Å². The van der Waals surface area contributed by atoms with E-state index in [9.17, 15) is 13.2 Å². The predicted octanol–water partition coefficient (Wildman–Crippen LogP) is 4.97. The van der Waals surface area contributed by atoms with Crippen molar-refractivity contribution in [3.8, 4) is 0 Å². The first-order valence-electron chi connectivity index (χ1n) is 9.38. The van der Waals surface area contributed by atoms with Crippen molar-refractivity contribution in [2.75, 3.05) is 4.31 Å². The van der Waals surface area contributed by atoms with Gasteiger partial charge in [0.15, 0.2) is 5.82 Å². The fourth-order valence-corrected chi connectivity index (χ4v) is 5.32. The molecular formula is C22H17Cl2N3O4S. The lowest BCUT2D eigenvalue weighted by Gasteiger charge is -2.24. The second-order valence-electron chi connectivity index (χ2n) is 7.12. The van der Waals surface area contributed by atoms with Crippen LogP contribution < -0.4 is 4.31 Å². The van der Waals surface area contributed by atoms with E-state index in [1.165, 1.54) is 36.5 Å². The number of aromatic nitrogens is 2. The number of benzene rings is 2. The van der Waals surface area contributed by atoms with Crippen molar-refractivity contribution in [2.45, 2.75) is 11.4 Å². The van der Waals surface area contributed by atoms with Crippen molar-refractivity contribution < 1.29 is 18.3 Å². The second-order valence-corrected chi connectivity index (χ2v) is 9.83. The first-order chi connectivity index (χ1) is 15.2. The normalized spacial score (nSPS) is 11.6. The summed E-state index contributed by atoms with van der Waals surface area (Å²) in [5.74, 6) is -1.13. The molecule has 2 aromatic carbocycles. The molecule has 0 aliphatic carbocycles. The van der Waals surface area contributed by atoms with Crippen molar-refractivity contribution in [3.63, 3.8) is 0 Å². The Morgan fingerprint density at radius 3 is 2.47 bits per heavy atom. The number of fused-ring (bicyclic) bond motifs is 1. The van der Waals surface area contributed by atoms with Crippen molar-refractivity contribution >= 4 is 55.9 Å². The van der Waals surface area contributed by atoms with Gasteiger partial charge in [0.25, 0.3) is 10.0 Å². The number of aryl methyl sites for hydroxylation is 1. The van der Waals surface area contributed by atoms with E-state index in [1.807, 2.05) is 42.1 Å². The van der Waals surface area contributed by atoms with E-state index in [0.717, 1.165) is 20.8 Å². The number of anilines is 1. The number of hydrogen-bond donors (Lipinski definition) is 1. The molecule has 2 heterocycles. The Morgan fingerprint density at radius 1 is 1.09 bits per heavy atom. The number of carboxylic acids is 1. The van der Waals surface area contributed by atoms with Crippen molar-refractivity contribution in [1.29, 1.82) is 0 Å². The molecule has 32 heavy (non-hydrogen) atoms. The monoisotopic (exact) mass is 489 g/mol. The lowest BCUT2D eigenvalue weighted by Crippen LogP contribution is -2.31. The van der Waals surface area contributed by atoms with E-state index in [1.54, 1.807) is 0 Å². The van der Waals surface area contributed by atoms with E-state index in [4.69, 9.17) is 28.3 Å². The summed E-state index contributed by atoms with van der Waals surface area (Å²) < 4.78 is 30.2. The van der Waals surface area contributed by atoms with Gasteiger partial charge in [0.1, 0.15) is 0 Å². The maximum Gasteiger partial charge on any atom is 0.335 e. The fraction of sp³-hybridized carbons (Fsp3) is 0.0909. The average molecular weight is 490 g/mol. The zero-order chi connectivity index (χ0) is 23.0. The van der Waals surface area contributed by atoms with Crippen LogP contribution in [0.3, 0.4) is 0 Å². The molecule has 0 spiro atoms. The molecule has 0 amide bonds. The highest BCUT2D eigenvalue weighted by atomic mass is 35.5. The molecule has 0 fully saturated rings. The van der Waals surface area contributed by atoms with Crippen LogP contribution in [0.4, 0.5) is 5.82 Å². The summed E-state index contributed by atoms with van der Waals surface area (Å²) in [4.78, 5) is 15.2. The maximum absolute atomic E-state index is 13.6. The third-order valence-corrected chi connectivity index (χ3v) is 7.22. The van der Waals surface area contributed by atoms with Crippen molar-refractivity contribution in [3.05, 3.63) is 88.2 Å². The highest BCUT2D eigenvalue weighted by Gasteiger charge is 2.28.